The van der Waals surface area contributed by atoms with E-state index in [9.17, 15) is 0 Å². The second-order valence-corrected chi connectivity index (χ2v) is 3.59. The summed E-state index contributed by atoms with van der Waals surface area (Å²) in [6.45, 7) is 3.86. The Kier molecular flexibility index (Phi) is 2.37. The van der Waals surface area contributed by atoms with Crippen LogP contribution < -0.4 is 5.73 Å². The molecule has 2 heterocycles. The molecule has 2 aromatic heterocycles. The van der Waals surface area contributed by atoms with E-state index < -0.39 is 0 Å². The molecule has 3 nitrogen and oxygen atoms in total. The first-order valence-corrected chi connectivity index (χ1v) is 4.82. The highest BCUT2D eigenvalue weighted by molar-refractivity contribution is 5.66. The lowest BCUT2D eigenvalue weighted by atomic mass is 10.1. The van der Waals surface area contributed by atoms with Crippen LogP contribution in [0.5, 0.6) is 0 Å². The summed E-state index contributed by atoms with van der Waals surface area (Å²) in [6, 6.07) is 5.92. The van der Waals surface area contributed by atoms with Gasteiger partial charge >= 0.3 is 0 Å². The molecule has 76 valence electrons. The van der Waals surface area contributed by atoms with Crippen molar-refractivity contribution in [2.24, 2.45) is 0 Å². The summed E-state index contributed by atoms with van der Waals surface area (Å²) < 4.78 is 0. The first-order valence-electron chi connectivity index (χ1n) is 4.82. The van der Waals surface area contributed by atoms with Gasteiger partial charge in [0.15, 0.2) is 0 Å². The molecule has 0 saturated heterocycles. The van der Waals surface area contributed by atoms with Crippen LogP contribution in [0.1, 0.15) is 11.4 Å². The van der Waals surface area contributed by atoms with Gasteiger partial charge in [0.1, 0.15) is 0 Å². The average Bonchev–Trinajstić information content (AvgIpc) is 2.23. The Bertz CT molecular complexity index is 475. The lowest BCUT2D eigenvalue weighted by Gasteiger charge is -2.04. The summed E-state index contributed by atoms with van der Waals surface area (Å²) in [6.07, 6.45) is 3.65. The monoisotopic (exact) mass is 199 g/mol. The maximum absolute atomic E-state index is 5.80. The Morgan fingerprint density at radius 2 is 1.73 bits per heavy atom. The quantitative estimate of drug-likeness (QED) is 0.767. The van der Waals surface area contributed by atoms with Gasteiger partial charge in [-0.2, -0.15) is 0 Å². The predicted octanol–water partition coefficient (Wildman–Crippen LogP) is 2.34. The lowest BCUT2D eigenvalue weighted by molar-refractivity contribution is 1.18. The van der Waals surface area contributed by atoms with Gasteiger partial charge in [0, 0.05) is 29.2 Å². The minimum atomic E-state index is 0.716. The molecule has 0 aliphatic rings. The average molecular weight is 199 g/mol. The predicted molar refractivity (Wildman–Crippen MR) is 61.4 cm³/mol. The van der Waals surface area contributed by atoms with Gasteiger partial charge < -0.3 is 5.73 Å². The topological polar surface area (TPSA) is 51.8 Å². The fourth-order valence-corrected chi connectivity index (χ4v) is 1.35. The molecular formula is C12H13N3. The number of hydrogen-bond acceptors (Lipinski definition) is 3. The Morgan fingerprint density at radius 1 is 1.00 bits per heavy atom. The van der Waals surface area contributed by atoms with Crippen molar-refractivity contribution in [3.63, 3.8) is 0 Å². The van der Waals surface area contributed by atoms with E-state index in [0.717, 1.165) is 22.5 Å². The van der Waals surface area contributed by atoms with E-state index in [1.54, 1.807) is 0 Å². The summed E-state index contributed by atoms with van der Waals surface area (Å²) in [5.41, 5.74) is 10.4. The van der Waals surface area contributed by atoms with Crippen molar-refractivity contribution in [2.75, 3.05) is 5.73 Å². The van der Waals surface area contributed by atoms with Gasteiger partial charge in [0.25, 0.3) is 0 Å². The highest BCUT2D eigenvalue weighted by atomic mass is 14.7. The zero-order valence-corrected chi connectivity index (χ0v) is 8.86. The van der Waals surface area contributed by atoms with E-state index in [4.69, 9.17) is 5.73 Å². The molecular weight excluding hydrogens is 186 g/mol. The molecule has 0 amide bonds. The third-order valence-corrected chi connectivity index (χ3v) is 2.37. The van der Waals surface area contributed by atoms with Crippen LogP contribution in [-0.2, 0) is 0 Å². The van der Waals surface area contributed by atoms with Crippen LogP contribution in [0.2, 0.25) is 0 Å². The normalized spacial score (nSPS) is 10.3. The third kappa shape index (κ3) is 1.96. The molecule has 0 spiro atoms. The Balaban J connectivity index is 2.45. The first-order chi connectivity index (χ1) is 7.16. The highest BCUT2D eigenvalue weighted by Gasteiger charge is 2.01. The summed E-state index contributed by atoms with van der Waals surface area (Å²) in [5.74, 6) is 0. The van der Waals surface area contributed by atoms with Gasteiger partial charge in [-0.1, -0.05) is 6.07 Å². The Morgan fingerprint density at radius 3 is 2.33 bits per heavy atom. The molecule has 15 heavy (non-hydrogen) atoms. The van der Waals surface area contributed by atoms with Gasteiger partial charge in [-0.05, 0) is 26.0 Å². The number of aryl methyl sites for hydroxylation is 2. The van der Waals surface area contributed by atoms with Crippen LogP contribution in [-0.4, -0.2) is 9.97 Å². The van der Waals surface area contributed by atoms with E-state index >= 15 is 0 Å². The van der Waals surface area contributed by atoms with E-state index in [1.807, 2.05) is 44.4 Å². The molecule has 2 N–H and O–H groups in total. The number of nitrogen functional groups attached to an aromatic ring is 1. The Labute approximate surface area is 89.0 Å². The van der Waals surface area contributed by atoms with Crippen molar-refractivity contribution in [3.05, 3.63) is 42.0 Å². The largest absolute Gasteiger partial charge is 0.397 e. The summed E-state index contributed by atoms with van der Waals surface area (Å²) in [7, 11) is 0. The highest BCUT2D eigenvalue weighted by Crippen LogP contribution is 2.21. The molecule has 2 aromatic rings. The maximum atomic E-state index is 5.80. The molecule has 0 unspecified atom stereocenters. The zero-order valence-electron chi connectivity index (χ0n) is 8.86. The SMILES string of the molecule is Cc1ccc(-c2cnc(C)c(N)c2)cn1. The number of anilines is 1. The van der Waals surface area contributed by atoms with Crippen LogP contribution in [0.3, 0.4) is 0 Å². The van der Waals surface area contributed by atoms with Gasteiger partial charge in [-0.15, -0.1) is 0 Å². The standard InChI is InChI=1S/C12H13N3/c1-8-3-4-10(6-14-8)11-5-12(13)9(2)15-7-11/h3-7H,13H2,1-2H3. The molecule has 2 rings (SSSR count). The second-order valence-electron chi connectivity index (χ2n) is 3.59. The summed E-state index contributed by atoms with van der Waals surface area (Å²) in [4.78, 5) is 8.46. The molecule has 0 fully saturated rings. The van der Waals surface area contributed by atoms with Crippen LogP contribution in [0.15, 0.2) is 30.6 Å². The van der Waals surface area contributed by atoms with Gasteiger partial charge in [0.2, 0.25) is 0 Å². The third-order valence-electron chi connectivity index (χ3n) is 2.37. The molecule has 0 atom stereocenters. The minimum absolute atomic E-state index is 0.716. The smallest absolute Gasteiger partial charge is 0.0602 e. The number of nitrogens with two attached hydrogens (primary N) is 1. The summed E-state index contributed by atoms with van der Waals surface area (Å²) >= 11 is 0. The van der Waals surface area contributed by atoms with Crippen molar-refractivity contribution in [3.8, 4) is 11.1 Å². The molecule has 3 heteroatoms. The van der Waals surface area contributed by atoms with Gasteiger partial charge in [0.05, 0.1) is 11.4 Å². The first kappa shape index (κ1) is 9.65. The van der Waals surface area contributed by atoms with Crippen LogP contribution in [0.4, 0.5) is 5.69 Å². The lowest BCUT2D eigenvalue weighted by Crippen LogP contribution is -1.93. The van der Waals surface area contributed by atoms with Crippen LogP contribution in [0.25, 0.3) is 11.1 Å². The van der Waals surface area contributed by atoms with E-state index in [0.29, 0.717) is 5.69 Å². The number of hydrogen-bond donors (Lipinski definition) is 1. The molecule has 0 aliphatic heterocycles. The van der Waals surface area contributed by atoms with Crippen molar-refractivity contribution >= 4 is 5.69 Å². The van der Waals surface area contributed by atoms with Crippen molar-refractivity contribution in [2.45, 2.75) is 13.8 Å². The minimum Gasteiger partial charge on any atom is -0.397 e. The second kappa shape index (κ2) is 3.69. The molecule has 0 saturated carbocycles. The molecule has 0 radical (unpaired) electrons. The van der Waals surface area contributed by atoms with Crippen LogP contribution in [0, 0.1) is 13.8 Å². The zero-order chi connectivity index (χ0) is 10.8. The van der Waals surface area contributed by atoms with Crippen molar-refractivity contribution in [1.82, 2.24) is 9.97 Å². The maximum Gasteiger partial charge on any atom is 0.0602 e. The number of pyridine rings is 2. The Hall–Kier alpha value is -1.90. The number of rotatable bonds is 1. The fourth-order valence-electron chi connectivity index (χ4n) is 1.35. The number of aromatic nitrogens is 2. The summed E-state index contributed by atoms with van der Waals surface area (Å²) in [5, 5.41) is 0. The van der Waals surface area contributed by atoms with Crippen LogP contribution >= 0.6 is 0 Å². The van der Waals surface area contributed by atoms with E-state index in [2.05, 4.69) is 9.97 Å². The molecule has 0 bridgehead atoms. The van der Waals surface area contributed by atoms with Crippen molar-refractivity contribution in [1.29, 1.82) is 0 Å². The van der Waals surface area contributed by atoms with Gasteiger partial charge in [-0.3, -0.25) is 9.97 Å². The van der Waals surface area contributed by atoms with E-state index in [-0.39, 0.29) is 0 Å². The number of nitrogens with zero attached hydrogens (tertiary/aromatic N) is 2. The fraction of sp³-hybridized carbons (Fsp3) is 0.167. The molecule has 0 aliphatic carbocycles. The van der Waals surface area contributed by atoms with Gasteiger partial charge in [-0.25, -0.2) is 0 Å². The molecule has 0 aromatic carbocycles. The van der Waals surface area contributed by atoms with E-state index in [1.165, 1.54) is 0 Å². The van der Waals surface area contributed by atoms with Crippen molar-refractivity contribution < 1.29 is 0 Å².